The van der Waals surface area contributed by atoms with Crippen LogP contribution in [0.2, 0.25) is 0 Å². The molecule has 0 atom stereocenters. The lowest BCUT2D eigenvalue weighted by molar-refractivity contribution is -0.137. The highest BCUT2D eigenvalue weighted by Gasteiger charge is 2.22. The summed E-state index contributed by atoms with van der Waals surface area (Å²) in [4.78, 5) is 26.1. The summed E-state index contributed by atoms with van der Waals surface area (Å²) in [6, 6.07) is -0.178. The number of carboxylic acid groups (broad SMARTS) is 1. The molecule has 0 saturated heterocycles. The van der Waals surface area contributed by atoms with Gasteiger partial charge in [-0.25, -0.2) is 4.79 Å². The number of urea groups is 1. The van der Waals surface area contributed by atoms with Gasteiger partial charge in [0.15, 0.2) is 0 Å². The molecule has 5 nitrogen and oxygen atoms in total. The predicted octanol–water partition coefficient (Wildman–Crippen LogP) is 2.13. The summed E-state index contributed by atoms with van der Waals surface area (Å²) in [6.45, 7) is 11.5. The Morgan fingerprint density at radius 2 is 1.44 bits per heavy atom. The lowest BCUT2D eigenvalue weighted by atomic mass is 10.1. The lowest BCUT2D eigenvalue weighted by Gasteiger charge is -2.31. The van der Waals surface area contributed by atoms with Crippen LogP contribution in [0.4, 0.5) is 4.79 Å². The van der Waals surface area contributed by atoms with E-state index >= 15 is 0 Å². The number of carbonyl (C=O) groups is 2. The van der Waals surface area contributed by atoms with Crippen LogP contribution in [-0.2, 0) is 4.79 Å². The van der Waals surface area contributed by atoms with Gasteiger partial charge >= 0.3 is 12.0 Å². The van der Waals surface area contributed by atoms with Crippen LogP contribution >= 0.6 is 0 Å². The van der Waals surface area contributed by atoms with Crippen LogP contribution in [0.5, 0.6) is 0 Å². The second kappa shape index (κ2) is 7.95. The van der Waals surface area contributed by atoms with Crippen molar-refractivity contribution in [1.29, 1.82) is 0 Å². The Morgan fingerprint density at radius 3 is 1.72 bits per heavy atom. The summed E-state index contributed by atoms with van der Waals surface area (Å²) >= 11 is 0. The van der Waals surface area contributed by atoms with E-state index in [1.165, 1.54) is 4.90 Å². The number of hydrogen-bond acceptors (Lipinski definition) is 2. The number of carbonyl (C=O) groups excluding carboxylic acids is 1. The van der Waals surface area contributed by atoms with E-state index in [4.69, 9.17) is 5.11 Å². The molecule has 0 radical (unpaired) electrons. The average Bonchev–Trinajstić information content (AvgIpc) is 2.22. The van der Waals surface area contributed by atoms with E-state index in [-0.39, 0.29) is 12.6 Å². The molecule has 0 bridgehead atoms. The van der Waals surface area contributed by atoms with Gasteiger partial charge in [0.1, 0.15) is 6.54 Å². The van der Waals surface area contributed by atoms with Crippen molar-refractivity contribution in [2.45, 2.75) is 34.6 Å². The second-order valence-electron chi connectivity index (χ2n) is 5.38. The van der Waals surface area contributed by atoms with Crippen LogP contribution in [-0.4, -0.2) is 53.1 Å². The van der Waals surface area contributed by atoms with E-state index in [2.05, 4.69) is 0 Å². The fourth-order valence-corrected chi connectivity index (χ4v) is 1.79. The van der Waals surface area contributed by atoms with Crippen LogP contribution in [0.15, 0.2) is 0 Å². The third kappa shape index (κ3) is 6.47. The van der Waals surface area contributed by atoms with Gasteiger partial charge in [-0.05, 0) is 18.8 Å². The van der Waals surface area contributed by atoms with E-state index in [0.717, 1.165) is 0 Å². The Bertz CT molecular complexity index is 267. The second-order valence-corrected chi connectivity index (χ2v) is 5.38. The molecule has 0 fully saturated rings. The van der Waals surface area contributed by atoms with Crippen LogP contribution in [0.3, 0.4) is 0 Å². The zero-order valence-corrected chi connectivity index (χ0v) is 12.1. The Labute approximate surface area is 110 Å². The molecule has 106 valence electrons. The third-order valence-electron chi connectivity index (χ3n) is 2.42. The van der Waals surface area contributed by atoms with Crippen molar-refractivity contribution in [3.63, 3.8) is 0 Å². The number of likely N-dealkylation sites (N-methyl/N-ethyl adjacent to an activating group) is 1. The molecule has 1 N–H and O–H groups in total. The number of amides is 2. The fourth-order valence-electron chi connectivity index (χ4n) is 1.79. The quantitative estimate of drug-likeness (QED) is 0.761. The molecule has 0 saturated carbocycles. The summed E-state index contributed by atoms with van der Waals surface area (Å²) in [5.41, 5.74) is 0. The summed E-state index contributed by atoms with van der Waals surface area (Å²) < 4.78 is 0. The van der Waals surface area contributed by atoms with Crippen LogP contribution in [0.1, 0.15) is 34.6 Å². The predicted molar refractivity (Wildman–Crippen MR) is 71.5 cm³/mol. The maximum atomic E-state index is 12.3. The zero-order chi connectivity index (χ0) is 14.3. The Balaban J connectivity index is 4.73. The number of nitrogens with zero attached hydrogens (tertiary/aromatic N) is 2. The van der Waals surface area contributed by atoms with E-state index < -0.39 is 5.97 Å². The first kappa shape index (κ1) is 16.7. The summed E-state index contributed by atoms with van der Waals surface area (Å²) in [5, 5.41) is 8.80. The maximum Gasteiger partial charge on any atom is 0.323 e. The van der Waals surface area contributed by atoms with Crippen LogP contribution < -0.4 is 0 Å². The fraction of sp³-hybridized carbons (Fsp3) is 0.846. The third-order valence-corrected chi connectivity index (χ3v) is 2.42. The van der Waals surface area contributed by atoms with Gasteiger partial charge in [0, 0.05) is 19.6 Å². The molecule has 0 spiro atoms. The average molecular weight is 258 g/mol. The minimum Gasteiger partial charge on any atom is -0.480 e. The molecule has 2 amide bonds. The molecule has 5 heteroatoms. The number of rotatable bonds is 7. The molecular weight excluding hydrogens is 232 g/mol. The summed E-state index contributed by atoms with van der Waals surface area (Å²) in [5.74, 6) is -0.230. The Morgan fingerprint density at radius 1 is 1.00 bits per heavy atom. The number of carboxylic acids is 1. The zero-order valence-electron chi connectivity index (χ0n) is 12.1. The van der Waals surface area contributed by atoms with E-state index in [1.807, 2.05) is 27.7 Å². The highest BCUT2D eigenvalue weighted by atomic mass is 16.4. The van der Waals surface area contributed by atoms with Crippen molar-refractivity contribution in [1.82, 2.24) is 9.80 Å². The van der Waals surface area contributed by atoms with Crippen LogP contribution in [0, 0.1) is 11.8 Å². The molecule has 0 aliphatic carbocycles. The molecule has 0 aliphatic heterocycles. The number of aliphatic carboxylic acids is 1. The van der Waals surface area contributed by atoms with E-state index in [9.17, 15) is 9.59 Å². The summed E-state index contributed by atoms with van der Waals surface area (Å²) in [7, 11) is 0. The van der Waals surface area contributed by atoms with Gasteiger partial charge in [0.25, 0.3) is 0 Å². The standard InChI is InChI=1S/C13H26N2O3/c1-6-14(9-12(16)17)13(18)15(7-10(2)3)8-11(4)5/h10-11H,6-9H2,1-5H3,(H,16,17). The van der Waals surface area contributed by atoms with Crippen molar-refractivity contribution < 1.29 is 14.7 Å². The first-order valence-electron chi connectivity index (χ1n) is 6.53. The Kier molecular flexibility index (Phi) is 7.39. The van der Waals surface area contributed by atoms with Gasteiger partial charge in [0.05, 0.1) is 0 Å². The lowest BCUT2D eigenvalue weighted by Crippen LogP contribution is -2.47. The van der Waals surface area contributed by atoms with Gasteiger partial charge in [-0.1, -0.05) is 27.7 Å². The van der Waals surface area contributed by atoms with Crippen LogP contribution in [0.25, 0.3) is 0 Å². The maximum absolute atomic E-state index is 12.3. The van der Waals surface area contributed by atoms with Crippen molar-refractivity contribution >= 4 is 12.0 Å². The molecule has 0 aliphatic rings. The largest absolute Gasteiger partial charge is 0.480 e. The first-order valence-corrected chi connectivity index (χ1v) is 6.53. The molecule has 0 aromatic heterocycles. The minimum atomic E-state index is -0.973. The van der Waals surface area contributed by atoms with E-state index in [1.54, 1.807) is 11.8 Å². The topological polar surface area (TPSA) is 60.9 Å². The molecule has 0 rings (SSSR count). The number of hydrogen-bond donors (Lipinski definition) is 1. The van der Waals surface area contributed by atoms with Gasteiger partial charge in [0.2, 0.25) is 0 Å². The highest BCUT2D eigenvalue weighted by molar-refractivity contribution is 5.80. The molecule has 0 heterocycles. The Hall–Kier alpha value is -1.26. The minimum absolute atomic E-state index is 0.178. The monoisotopic (exact) mass is 258 g/mol. The first-order chi connectivity index (χ1) is 8.27. The van der Waals surface area contributed by atoms with Gasteiger partial charge in [-0.2, -0.15) is 0 Å². The van der Waals surface area contributed by atoms with Gasteiger partial charge < -0.3 is 14.9 Å². The molecule has 0 unspecified atom stereocenters. The van der Waals surface area contributed by atoms with Gasteiger partial charge in [-0.15, -0.1) is 0 Å². The molecule has 0 aromatic rings. The van der Waals surface area contributed by atoms with Crippen molar-refractivity contribution in [2.75, 3.05) is 26.2 Å². The molecule has 18 heavy (non-hydrogen) atoms. The highest BCUT2D eigenvalue weighted by Crippen LogP contribution is 2.07. The summed E-state index contributed by atoms with van der Waals surface area (Å²) in [6.07, 6.45) is 0. The smallest absolute Gasteiger partial charge is 0.323 e. The van der Waals surface area contributed by atoms with Gasteiger partial charge in [-0.3, -0.25) is 4.79 Å². The van der Waals surface area contributed by atoms with Crippen molar-refractivity contribution in [3.05, 3.63) is 0 Å². The normalized spacial score (nSPS) is 10.8. The molecule has 0 aromatic carbocycles. The van der Waals surface area contributed by atoms with E-state index in [0.29, 0.717) is 31.5 Å². The SMILES string of the molecule is CCN(CC(=O)O)C(=O)N(CC(C)C)CC(C)C. The molecular formula is C13H26N2O3. The van der Waals surface area contributed by atoms with Crippen molar-refractivity contribution in [3.8, 4) is 0 Å². The van der Waals surface area contributed by atoms with Crippen molar-refractivity contribution in [2.24, 2.45) is 11.8 Å².